The Hall–Kier alpha value is -1.15. The van der Waals surface area contributed by atoms with Crippen LogP contribution >= 0.6 is 0 Å². The molecule has 1 atom stereocenters. The van der Waals surface area contributed by atoms with Gasteiger partial charge in [-0.1, -0.05) is 6.07 Å². The number of hydrogen-bond acceptors (Lipinski definition) is 5. The van der Waals surface area contributed by atoms with Gasteiger partial charge in [-0.3, -0.25) is 0 Å². The second kappa shape index (κ2) is 7.03. The van der Waals surface area contributed by atoms with E-state index in [0.29, 0.717) is 12.1 Å². The Labute approximate surface area is 120 Å². The number of methoxy groups -OCH3 is 1. The standard InChI is InChI=1S/C13H22N2O4S/c1-10(8-15(2)3)14-20(17,18)13-7-11(9-16)5-6-12(13)19-4/h5-7,10,14,16H,8-9H2,1-4H3. The van der Waals surface area contributed by atoms with Crippen LogP contribution in [-0.2, 0) is 16.6 Å². The maximum absolute atomic E-state index is 12.4. The Kier molecular flexibility index (Phi) is 5.94. The lowest BCUT2D eigenvalue weighted by atomic mass is 10.2. The van der Waals surface area contributed by atoms with Crippen LogP contribution < -0.4 is 9.46 Å². The van der Waals surface area contributed by atoms with E-state index >= 15 is 0 Å². The van der Waals surface area contributed by atoms with Crippen LogP contribution in [0.5, 0.6) is 5.75 Å². The number of rotatable bonds is 7. The molecular formula is C13H22N2O4S. The van der Waals surface area contributed by atoms with Crippen molar-refractivity contribution in [1.82, 2.24) is 9.62 Å². The summed E-state index contributed by atoms with van der Waals surface area (Å²) in [5.74, 6) is 0.256. The third kappa shape index (κ3) is 4.45. The van der Waals surface area contributed by atoms with Gasteiger partial charge in [-0.05, 0) is 38.7 Å². The number of ether oxygens (including phenoxy) is 1. The average Bonchev–Trinajstić information content (AvgIpc) is 2.36. The van der Waals surface area contributed by atoms with Crippen molar-refractivity contribution in [3.8, 4) is 5.75 Å². The minimum atomic E-state index is -3.69. The summed E-state index contributed by atoms with van der Waals surface area (Å²) in [6, 6.07) is 4.35. The summed E-state index contributed by atoms with van der Waals surface area (Å²) in [4.78, 5) is 1.94. The Morgan fingerprint density at radius 3 is 2.55 bits per heavy atom. The number of likely N-dealkylation sites (N-methyl/N-ethyl adjacent to an activating group) is 1. The van der Waals surface area contributed by atoms with Gasteiger partial charge in [0.1, 0.15) is 10.6 Å². The van der Waals surface area contributed by atoms with Gasteiger partial charge in [0.25, 0.3) is 0 Å². The van der Waals surface area contributed by atoms with E-state index in [1.165, 1.54) is 19.2 Å². The lowest BCUT2D eigenvalue weighted by molar-refractivity contribution is 0.281. The molecule has 0 radical (unpaired) electrons. The number of sulfonamides is 1. The fraction of sp³-hybridized carbons (Fsp3) is 0.538. The molecule has 0 heterocycles. The van der Waals surface area contributed by atoms with Crippen molar-refractivity contribution in [3.63, 3.8) is 0 Å². The van der Waals surface area contributed by atoms with E-state index in [1.807, 2.05) is 19.0 Å². The van der Waals surface area contributed by atoms with Gasteiger partial charge in [0.2, 0.25) is 10.0 Å². The quantitative estimate of drug-likeness (QED) is 0.763. The molecule has 114 valence electrons. The van der Waals surface area contributed by atoms with Crippen LogP contribution in [0, 0.1) is 0 Å². The first kappa shape index (κ1) is 16.9. The van der Waals surface area contributed by atoms with Gasteiger partial charge in [-0.15, -0.1) is 0 Å². The lowest BCUT2D eigenvalue weighted by Gasteiger charge is -2.19. The Bertz CT molecular complexity index is 543. The highest BCUT2D eigenvalue weighted by atomic mass is 32.2. The second-order valence-corrected chi connectivity index (χ2v) is 6.61. The molecule has 0 bridgehead atoms. The molecule has 2 N–H and O–H groups in total. The number of nitrogens with zero attached hydrogens (tertiary/aromatic N) is 1. The summed E-state index contributed by atoms with van der Waals surface area (Å²) >= 11 is 0. The van der Waals surface area contributed by atoms with Crippen LogP contribution in [0.4, 0.5) is 0 Å². The number of benzene rings is 1. The van der Waals surface area contributed by atoms with E-state index in [0.717, 1.165) is 0 Å². The predicted molar refractivity (Wildman–Crippen MR) is 77.3 cm³/mol. The van der Waals surface area contributed by atoms with Crippen molar-refractivity contribution in [2.75, 3.05) is 27.7 Å². The topological polar surface area (TPSA) is 78.9 Å². The normalized spacial score (nSPS) is 13.5. The molecule has 0 saturated heterocycles. The molecule has 0 aliphatic heterocycles. The molecule has 1 rings (SSSR count). The molecule has 0 fully saturated rings. The molecule has 0 aliphatic rings. The first-order valence-corrected chi connectivity index (χ1v) is 7.73. The van der Waals surface area contributed by atoms with Crippen LogP contribution in [0.15, 0.2) is 23.1 Å². The first-order chi connectivity index (χ1) is 9.30. The van der Waals surface area contributed by atoms with Gasteiger partial charge in [0, 0.05) is 12.6 Å². The van der Waals surface area contributed by atoms with E-state index in [2.05, 4.69) is 4.72 Å². The average molecular weight is 302 g/mol. The van der Waals surface area contributed by atoms with Crippen molar-refractivity contribution in [3.05, 3.63) is 23.8 Å². The van der Waals surface area contributed by atoms with Crippen molar-refractivity contribution in [2.24, 2.45) is 0 Å². The summed E-state index contributed by atoms with van der Waals surface area (Å²) in [6.45, 7) is 2.15. The molecule has 0 spiro atoms. The molecule has 1 aromatic rings. The van der Waals surface area contributed by atoms with Gasteiger partial charge in [-0.2, -0.15) is 0 Å². The van der Waals surface area contributed by atoms with E-state index in [1.54, 1.807) is 13.0 Å². The Morgan fingerprint density at radius 2 is 2.05 bits per heavy atom. The van der Waals surface area contributed by atoms with Crippen LogP contribution in [0.2, 0.25) is 0 Å². The molecule has 6 nitrogen and oxygen atoms in total. The SMILES string of the molecule is COc1ccc(CO)cc1S(=O)(=O)NC(C)CN(C)C. The summed E-state index contributed by atoms with van der Waals surface area (Å²) in [7, 11) is 1.47. The number of aliphatic hydroxyl groups excluding tert-OH is 1. The van der Waals surface area contributed by atoms with E-state index < -0.39 is 10.0 Å². The molecule has 0 saturated carbocycles. The zero-order chi connectivity index (χ0) is 15.3. The Morgan fingerprint density at radius 1 is 1.40 bits per heavy atom. The summed E-state index contributed by atoms with van der Waals surface area (Å²) in [5.41, 5.74) is 0.520. The maximum atomic E-state index is 12.4. The molecule has 7 heteroatoms. The Balaban J connectivity index is 3.07. The van der Waals surface area contributed by atoms with Crippen molar-refractivity contribution >= 4 is 10.0 Å². The zero-order valence-corrected chi connectivity index (χ0v) is 13.1. The van der Waals surface area contributed by atoms with Gasteiger partial charge >= 0.3 is 0 Å². The van der Waals surface area contributed by atoms with Crippen LogP contribution in [0.25, 0.3) is 0 Å². The van der Waals surface area contributed by atoms with Crippen molar-refractivity contribution < 1.29 is 18.3 Å². The highest BCUT2D eigenvalue weighted by Crippen LogP contribution is 2.25. The highest BCUT2D eigenvalue weighted by Gasteiger charge is 2.22. The number of hydrogen-bond donors (Lipinski definition) is 2. The highest BCUT2D eigenvalue weighted by molar-refractivity contribution is 7.89. The van der Waals surface area contributed by atoms with Crippen LogP contribution in [0.1, 0.15) is 12.5 Å². The van der Waals surface area contributed by atoms with Crippen LogP contribution in [-0.4, -0.2) is 52.2 Å². The van der Waals surface area contributed by atoms with Gasteiger partial charge < -0.3 is 14.7 Å². The fourth-order valence-corrected chi connectivity index (χ4v) is 3.40. The monoisotopic (exact) mass is 302 g/mol. The summed E-state index contributed by atoms with van der Waals surface area (Å²) in [5, 5.41) is 9.13. The lowest BCUT2D eigenvalue weighted by Crippen LogP contribution is -2.39. The number of nitrogens with one attached hydrogen (secondary N) is 1. The van der Waals surface area contributed by atoms with E-state index in [4.69, 9.17) is 9.84 Å². The minimum absolute atomic E-state index is 0.0390. The summed E-state index contributed by atoms with van der Waals surface area (Å²) < 4.78 is 32.4. The largest absolute Gasteiger partial charge is 0.495 e. The molecule has 0 aliphatic carbocycles. The second-order valence-electron chi connectivity index (χ2n) is 4.93. The van der Waals surface area contributed by atoms with Gasteiger partial charge in [0.15, 0.2) is 0 Å². The van der Waals surface area contributed by atoms with E-state index in [9.17, 15) is 8.42 Å². The molecule has 1 unspecified atom stereocenters. The van der Waals surface area contributed by atoms with E-state index in [-0.39, 0.29) is 23.3 Å². The maximum Gasteiger partial charge on any atom is 0.244 e. The summed E-state index contributed by atoms with van der Waals surface area (Å²) in [6.07, 6.45) is 0. The third-order valence-electron chi connectivity index (χ3n) is 2.70. The first-order valence-electron chi connectivity index (χ1n) is 6.25. The van der Waals surface area contributed by atoms with Gasteiger partial charge in [0.05, 0.1) is 13.7 Å². The van der Waals surface area contributed by atoms with Crippen molar-refractivity contribution in [2.45, 2.75) is 24.5 Å². The minimum Gasteiger partial charge on any atom is -0.495 e. The zero-order valence-electron chi connectivity index (χ0n) is 12.3. The smallest absolute Gasteiger partial charge is 0.244 e. The molecular weight excluding hydrogens is 280 g/mol. The molecule has 0 amide bonds. The molecule has 1 aromatic carbocycles. The van der Waals surface area contributed by atoms with Gasteiger partial charge in [-0.25, -0.2) is 13.1 Å². The third-order valence-corrected chi connectivity index (χ3v) is 4.31. The molecule has 0 aromatic heterocycles. The van der Waals surface area contributed by atoms with Crippen LogP contribution in [0.3, 0.4) is 0 Å². The predicted octanol–water partition coefficient (Wildman–Crippen LogP) is 0.416. The fourth-order valence-electron chi connectivity index (χ4n) is 1.94. The van der Waals surface area contributed by atoms with Crippen molar-refractivity contribution in [1.29, 1.82) is 0 Å². The molecule has 20 heavy (non-hydrogen) atoms. The number of aliphatic hydroxyl groups is 1.